The molecule has 0 unspecified atom stereocenters. The maximum Gasteiger partial charge on any atom is 0.322 e. The fourth-order valence-corrected chi connectivity index (χ4v) is 2.09. The van der Waals surface area contributed by atoms with Crippen LogP contribution in [-0.2, 0) is 4.79 Å². The minimum atomic E-state index is -0.946. The number of aliphatic carboxylic acids is 1. The van der Waals surface area contributed by atoms with E-state index in [1.165, 1.54) is 17.0 Å². The third-order valence-corrected chi connectivity index (χ3v) is 3.48. The minimum Gasteiger partial charge on any atom is -0.481 e. The maximum absolute atomic E-state index is 12.2. The highest BCUT2D eigenvalue weighted by molar-refractivity contribution is 6.33. The lowest BCUT2D eigenvalue weighted by atomic mass is 10.2. The van der Waals surface area contributed by atoms with Gasteiger partial charge in [-0.3, -0.25) is 4.79 Å². The van der Waals surface area contributed by atoms with Crippen molar-refractivity contribution < 1.29 is 14.7 Å². The number of hydrogen-bond donors (Lipinski definition) is 2. The van der Waals surface area contributed by atoms with Crippen LogP contribution in [0.3, 0.4) is 0 Å². The highest BCUT2D eigenvalue weighted by Crippen LogP contribution is 2.29. The molecule has 2 rings (SSSR count). The summed E-state index contributed by atoms with van der Waals surface area (Å²) in [4.78, 5) is 24.4. The number of amides is 2. The van der Waals surface area contributed by atoms with Gasteiger partial charge in [-0.25, -0.2) is 4.79 Å². The molecule has 1 aliphatic carbocycles. The number of carboxylic acids is 1. The molecule has 6 nitrogen and oxygen atoms in total. The average molecular weight is 308 g/mol. The van der Waals surface area contributed by atoms with E-state index in [2.05, 4.69) is 5.32 Å². The number of nitrogens with zero attached hydrogens (tertiary/aromatic N) is 2. The zero-order chi connectivity index (χ0) is 15.4. The zero-order valence-electron chi connectivity index (χ0n) is 11.2. The molecule has 0 spiro atoms. The van der Waals surface area contributed by atoms with Crippen molar-refractivity contribution in [2.75, 3.05) is 11.9 Å². The number of urea groups is 1. The van der Waals surface area contributed by atoms with Gasteiger partial charge >= 0.3 is 12.0 Å². The van der Waals surface area contributed by atoms with Crippen LogP contribution in [0.1, 0.15) is 24.8 Å². The van der Waals surface area contributed by atoms with Crippen molar-refractivity contribution in [3.63, 3.8) is 0 Å². The number of carboxylic acid groups (broad SMARTS) is 1. The molecular weight excluding hydrogens is 294 g/mol. The van der Waals surface area contributed by atoms with Gasteiger partial charge in [0.15, 0.2) is 0 Å². The van der Waals surface area contributed by atoms with Crippen molar-refractivity contribution in [2.24, 2.45) is 0 Å². The first-order chi connectivity index (χ1) is 10.0. The van der Waals surface area contributed by atoms with E-state index in [1.807, 2.05) is 6.07 Å². The van der Waals surface area contributed by atoms with Crippen LogP contribution >= 0.6 is 11.6 Å². The Morgan fingerprint density at radius 1 is 1.48 bits per heavy atom. The smallest absolute Gasteiger partial charge is 0.322 e. The van der Waals surface area contributed by atoms with Gasteiger partial charge in [-0.2, -0.15) is 5.26 Å². The molecule has 0 atom stereocenters. The van der Waals surface area contributed by atoms with Gasteiger partial charge in [-0.1, -0.05) is 11.6 Å². The van der Waals surface area contributed by atoms with Crippen LogP contribution in [0.4, 0.5) is 10.5 Å². The molecular formula is C14H14ClN3O3. The molecule has 1 fully saturated rings. The Morgan fingerprint density at radius 2 is 2.19 bits per heavy atom. The standard InChI is InChI=1S/C14H14ClN3O3/c15-11-4-1-9(8-16)7-12(11)17-14(21)18(10-2-3-10)6-5-13(19)20/h1,4,7,10H,2-3,5-6H2,(H,17,21)(H,19,20). The summed E-state index contributed by atoms with van der Waals surface area (Å²) in [6.07, 6.45) is 1.65. The SMILES string of the molecule is N#Cc1ccc(Cl)c(NC(=O)N(CCC(=O)O)C2CC2)c1. The number of rotatable bonds is 5. The number of anilines is 1. The normalized spacial score (nSPS) is 13.3. The summed E-state index contributed by atoms with van der Waals surface area (Å²) in [5.74, 6) is -0.946. The fraction of sp³-hybridized carbons (Fsp3) is 0.357. The number of nitriles is 1. The molecule has 21 heavy (non-hydrogen) atoms. The van der Waals surface area contributed by atoms with Gasteiger partial charge in [-0.15, -0.1) is 0 Å². The van der Waals surface area contributed by atoms with Crippen LogP contribution in [0.2, 0.25) is 5.02 Å². The number of nitrogens with one attached hydrogen (secondary N) is 1. The number of carbonyl (C=O) groups excluding carboxylic acids is 1. The van der Waals surface area contributed by atoms with Crippen LogP contribution in [-0.4, -0.2) is 34.6 Å². The van der Waals surface area contributed by atoms with E-state index in [1.54, 1.807) is 6.07 Å². The first kappa shape index (κ1) is 15.1. The number of benzene rings is 1. The van der Waals surface area contributed by atoms with E-state index in [4.69, 9.17) is 22.0 Å². The van der Waals surface area contributed by atoms with Gasteiger partial charge in [0.25, 0.3) is 0 Å². The van der Waals surface area contributed by atoms with Gasteiger partial charge in [0, 0.05) is 12.6 Å². The third-order valence-electron chi connectivity index (χ3n) is 3.15. The summed E-state index contributed by atoms with van der Waals surface area (Å²) >= 11 is 5.99. The molecule has 0 aliphatic heterocycles. The highest BCUT2D eigenvalue weighted by Gasteiger charge is 2.32. The van der Waals surface area contributed by atoms with E-state index in [9.17, 15) is 9.59 Å². The van der Waals surface area contributed by atoms with E-state index >= 15 is 0 Å². The van der Waals surface area contributed by atoms with Crippen molar-refractivity contribution in [3.8, 4) is 6.07 Å². The van der Waals surface area contributed by atoms with Crippen LogP contribution in [0.5, 0.6) is 0 Å². The lowest BCUT2D eigenvalue weighted by Gasteiger charge is -2.22. The molecule has 1 aromatic carbocycles. The molecule has 0 aromatic heterocycles. The second-order valence-corrected chi connectivity index (χ2v) is 5.21. The molecule has 1 saturated carbocycles. The second kappa shape index (κ2) is 6.46. The van der Waals surface area contributed by atoms with Crippen molar-refractivity contribution >= 4 is 29.3 Å². The minimum absolute atomic E-state index is 0.0854. The number of halogens is 1. The lowest BCUT2D eigenvalue weighted by Crippen LogP contribution is -2.38. The largest absolute Gasteiger partial charge is 0.481 e. The Balaban J connectivity index is 2.08. The molecule has 0 saturated heterocycles. The predicted octanol–water partition coefficient (Wildman–Crippen LogP) is 2.68. The molecule has 0 heterocycles. The summed E-state index contributed by atoms with van der Waals surface area (Å²) < 4.78 is 0. The molecule has 0 bridgehead atoms. The third kappa shape index (κ3) is 4.10. The molecule has 1 aromatic rings. The summed E-state index contributed by atoms with van der Waals surface area (Å²) in [7, 11) is 0. The molecule has 2 N–H and O–H groups in total. The molecule has 2 amide bonds. The van der Waals surface area contributed by atoms with Crippen LogP contribution in [0.15, 0.2) is 18.2 Å². The van der Waals surface area contributed by atoms with Crippen molar-refractivity contribution in [2.45, 2.75) is 25.3 Å². The monoisotopic (exact) mass is 307 g/mol. The van der Waals surface area contributed by atoms with Gasteiger partial charge in [0.05, 0.1) is 28.8 Å². The summed E-state index contributed by atoms with van der Waals surface area (Å²) in [5, 5.41) is 20.6. The first-order valence-electron chi connectivity index (χ1n) is 6.50. The summed E-state index contributed by atoms with van der Waals surface area (Å²) in [6.45, 7) is 0.154. The van der Waals surface area contributed by atoms with Crippen LogP contribution < -0.4 is 5.32 Å². The Kier molecular flexibility index (Phi) is 4.66. The van der Waals surface area contributed by atoms with Gasteiger partial charge in [-0.05, 0) is 31.0 Å². The van der Waals surface area contributed by atoms with Crippen molar-refractivity contribution in [1.29, 1.82) is 5.26 Å². The Morgan fingerprint density at radius 3 is 2.76 bits per heavy atom. The topological polar surface area (TPSA) is 93.4 Å². The van der Waals surface area contributed by atoms with E-state index in [0.717, 1.165) is 12.8 Å². The van der Waals surface area contributed by atoms with Gasteiger partial charge in [0.1, 0.15) is 0 Å². The maximum atomic E-state index is 12.2. The Labute approximate surface area is 126 Å². The molecule has 1 aliphatic rings. The van der Waals surface area contributed by atoms with Crippen LogP contribution in [0.25, 0.3) is 0 Å². The summed E-state index contributed by atoms with van der Waals surface area (Å²) in [5.41, 5.74) is 0.736. The lowest BCUT2D eigenvalue weighted by molar-refractivity contribution is -0.137. The molecule has 0 radical (unpaired) electrons. The van der Waals surface area contributed by atoms with Crippen molar-refractivity contribution in [3.05, 3.63) is 28.8 Å². The fourth-order valence-electron chi connectivity index (χ4n) is 1.93. The number of carbonyl (C=O) groups is 2. The van der Waals surface area contributed by atoms with E-state index < -0.39 is 12.0 Å². The first-order valence-corrected chi connectivity index (χ1v) is 6.88. The predicted molar refractivity (Wildman–Crippen MR) is 77.2 cm³/mol. The Bertz CT molecular complexity index is 608. The van der Waals surface area contributed by atoms with Crippen LogP contribution in [0, 0.1) is 11.3 Å². The van der Waals surface area contributed by atoms with Gasteiger partial charge < -0.3 is 15.3 Å². The Hall–Kier alpha value is -2.26. The van der Waals surface area contributed by atoms with Gasteiger partial charge in [0.2, 0.25) is 0 Å². The second-order valence-electron chi connectivity index (χ2n) is 4.80. The van der Waals surface area contributed by atoms with E-state index in [-0.39, 0.29) is 19.0 Å². The van der Waals surface area contributed by atoms with Crippen molar-refractivity contribution in [1.82, 2.24) is 4.90 Å². The number of hydrogen-bond acceptors (Lipinski definition) is 3. The molecule has 110 valence electrons. The van der Waals surface area contributed by atoms with E-state index in [0.29, 0.717) is 16.3 Å². The summed E-state index contributed by atoms with van der Waals surface area (Å²) in [6, 6.07) is 6.24. The zero-order valence-corrected chi connectivity index (χ0v) is 11.9. The molecule has 7 heteroatoms. The quantitative estimate of drug-likeness (QED) is 0.874. The highest BCUT2D eigenvalue weighted by atomic mass is 35.5. The average Bonchev–Trinajstić information content (AvgIpc) is 3.26.